The molecule has 1 aromatic heterocycles. The van der Waals surface area contributed by atoms with Gasteiger partial charge in [0.05, 0.1) is 21.8 Å². The van der Waals surface area contributed by atoms with Crippen LogP contribution in [0.25, 0.3) is 0 Å². The lowest BCUT2D eigenvalue weighted by Crippen LogP contribution is -2.20. The molecule has 0 aliphatic carbocycles. The molecule has 168 valence electrons. The Morgan fingerprint density at radius 1 is 1.16 bits per heavy atom. The molecule has 1 aliphatic rings. The molecule has 0 amide bonds. The lowest BCUT2D eigenvalue weighted by atomic mass is 10.2. The zero-order valence-corrected chi connectivity index (χ0v) is 18.5. The van der Waals surface area contributed by atoms with Crippen LogP contribution in [0.4, 0.5) is 27.5 Å². The first-order chi connectivity index (χ1) is 15.5. The molecule has 1 atom stereocenters. The number of halogens is 3. The Morgan fingerprint density at radius 2 is 2.03 bits per heavy atom. The number of rotatable bonds is 8. The average molecular weight is 478 g/mol. The number of phenolic OH excluding ortho intramolecular Hbond substituents is 1. The van der Waals surface area contributed by atoms with Crippen LogP contribution in [-0.2, 0) is 11.3 Å². The molecular weight excluding hydrogens is 456 g/mol. The number of nitrogens with one attached hydrogen (secondary N) is 3. The molecule has 2 heterocycles. The summed E-state index contributed by atoms with van der Waals surface area (Å²) in [5.41, 5.74) is 1.58. The minimum Gasteiger partial charge on any atom is -0.506 e. The molecule has 7 nitrogen and oxygen atoms in total. The van der Waals surface area contributed by atoms with E-state index in [4.69, 9.17) is 27.9 Å². The summed E-state index contributed by atoms with van der Waals surface area (Å²) in [5, 5.41) is 19.5. The van der Waals surface area contributed by atoms with Crippen molar-refractivity contribution in [3.63, 3.8) is 0 Å². The Bertz CT molecular complexity index is 1080. The van der Waals surface area contributed by atoms with Crippen LogP contribution < -0.4 is 16.0 Å². The number of ether oxygens (including phenoxy) is 1. The molecule has 1 aliphatic heterocycles. The molecule has 1 fully saturated rings. The van der Waals surface area contributed by atoms with Gasteiger partial charge in [0.25, 0.3) is 0 Å². The summed E-state index contributed by atoms with van der Waals surface area (Å²) in [7, 11) is 0. The van der Waals surface area contributed by atoms with Crippen molar-refractivity contribution in [2.24, 2.45) is 0 Å². The van der Waals surface area contributed by atoms with Gasteiger partial charge in [-0.1, -0.05) is 29.3 Å². The third-order valence-corrected chi connectivity index (χ3v) is 5.63. The standard InChI is InChI=1S/C22H22Cl2FN5O2/c23-16-4-1-5-18(25)20(16)26-10-13-11-28-22(29-14-6-7-19(31)17(24)9-14)30-21(13)27-12-15-3-2-8-32-15/h1,4-7,9,11,15,26,31H,2-3,8,10,12H2,(H2,27,28,29,30). The maximum Gasteiger partial charge on any atom is 0.229 e. The maximum absolute atomic E-state index is 14.1. The van der Waals surface area contributed by atoms with E-state index < -0.39 is 5.82 Å². The topological polar surface area (TPSA) is 91.3 Å². The number of aromatic hydroxyl groups is 1. The van der Waals surface area contributed by atoms with Crippen LogP contribution in [0.15, 0.2) is 42.6 Å². The number of phenols is 1. The largest absolute Gasteiger partial charge is 0.506 e. The van der Waals surface area contributed by atoms with Crippen LogP contribution in [0.2, 0.25) is 10.0 Å². The van der Waals surface area contributed by atoms with Crippen molar-refractivity contribution in [1.82, 2.24) is 9.97 Å². The molecule has 32 heavy (non-hydrogen) atoms. The highest BCUT2D eigenvalue weighted by molar-refractivity contribution is 6.33. The van der Waals surface area contributed by atoms with E-state index in [-0.39, 0.29) is 29.1 Å². The smallest absolute Gasteiger partial charge is 0.229 e. The fourth-order valence-electron chi connectivity index (χ4n) is 3.33. The van der Waals surface area contributed by atoms with Crippen molar-refractivity contribution < 1.29 is 14.2 Å². The van der Waals surface area contributed by atoms with Gasteiger partial charge in [-0.3, -0.25) is 0 Å². The number of hydrogen-bond donors (Lipinski definition) is 4. The minimum atomic E-state index is -0.435. The molecule has 4 N–H and O–H groups in total. The van der Waals surface area contributed by atoms with Crippen LogP contribution in [0.5, 0.6) is 5.75 Å². The minimum absolute atomic E-state index is 0.00900. The van der Waals surface area contributed by atoms with Gasteiger partial charge in [0.2, 0.25) is 5.95 Å². The lowest BCUT2D eigenvalue weighted by Gasteiger charge is -2.17. The Labute approximate surface area is 194 Å². The molecule has 3 aromatic rings. The molecule has 0 bridgehead atoms. The van der Waals surface area contributed by atoms with Crippen LogP contribution in [0, 0.1) is 5.82 Å². The number of anilines is 4. The van der Waals surface area contributed by atoms with Crippen molar-refractivity contribution in [3.8, 4) is 5.75 Å². The second-order valence-electron chi connectivity index (χ2n) is 7.32. The molecule has 1 unspecified atom stereocenters. The summed E-state index contributed by atoms with van der Waals surface area (Å²) in [5.74, 6) is 0.483. The van der Waals surface area contributed by atoms with Crippen LogP contribution in [0.1, 0.15) is 18.4 Å². The van der Waals surface area contributed by atoms with E-state index in [2.05, 4.69) is 25.9 Å². The highest BCUT2D eigenvalue weighted by Gasteiger charge is 2.17. The Hall–Kier alpha value is -2.81. The molecule has 0 spiro atoms. The highest BCUT2D eigenvalue weighted by Crippen LogP contribution is 2.29. The fourth-order valence-corrected chi connectivity index (χ4v) is 3.74. The molecular formula is C22H22Cl2FN5O2. The van der Waals surface area contributed by atoms with Gasteiger partial charge in [-0.15, -0.1) is 0 Å². The van der Waals surface area contributed by atoms with Gasteiger partial charge >= 0.3 is 0 Å². The van der Waals surface area contributed by atoms with Gasteiger partial charge < -0.3 is 25.8 Å². The second kappa shape index (κ2) is 10.2. The molecule has 4 rings (SSSR count). The quantitative estimate of drug-likeness (QED) is 0.315. The zero-order chi connectivity index (χ0) is 22.5. The van der Waals surface area contributed by atoms with E-state index >= 15 is 0 Å². The first kappa shape index (κ1) is 22.4. The van der Waals surface area contributed by atoms with Gasteiger partial charge in [-0.25, -0.2) is 9.37 Å². The summed E-state index contributed by atoms with van der Waals surface area (Å²) in [6.07, 6.45) is 3.77. The third kappa shape index (κ3) is 5.51. The predicted octanol–water partition coefficient (Wildman–Crippen LogP) is 5.57. The highest BCUT2D eigenvalue weighted by atomic mass is 35.5. The van der Waals surface area contributed by atoms with Crippen molar-refractivity contribution in [2.45, 2.75) is 25.5 Å². The van der Waals surface area contributed by atoms with Gasteiger partial charge in [-0.2, -0.15) is 4.98 Å². The van der Waals surface area contributed by atoms with Crippen molar-refractivity contribution >= 4 is 46.3 Å². The summed E-state index contributed by atoms with van der Waals surface area (Å²) in [4.78, 5) is 8.93. The normalized spacial score (nSPS) is 15.5. The number of benzene rings is 2. The first-order valence-corrected chi connectivity index (χ1v) is 10.9. The van der Waals surface area contributed by atoms with Crippen LogP contribution >= 0.6 is 23.2 Å². The second-order valence-corrected chi connectivity index (χ2v) is 8.14. The number of para-hydroxylation sites is 1. The monoisotopic (exact) mass is 477 g/mol. The molecule has 2 aromatic carbocycles. The average Bonchev–Trinajstić information content (AvgIpc) is 3.29. The van der Waals surface area contributed by atoms with E-state index in [0.29, 0.717) is 29.0 Å². The molecule has 0 saturated carbocycles. The van der Waals surface area contributed by atoms with E-state index in [0.717, 1.165) is 25.0 Å². The summed E-state index contributed by atoms with van der Waals surface area (Å²) in [6.45, 7) is 1.61. The van der Waals surface area contributed by atoms with Gasteiger partial charge in [-0.05, 0) is 43.2 Å². The number of hydrogen-bond acceptors (Lipinski definition) is 7. The zero-order valence-electron chi connectivity index (χ0n) is 17.0. The van der Waals surface area contributed by atoms with Crippen LogP contribution in [-0.4, -0.2) is 34.3 Å². The van der Waals surface area contributed by atoms with E-state index in [9.17, 15) is 9.50 Å². The van der Waals surface area contributed by atoms with Crippen molar-refractivity contribution in [3.05, 3.63) is 64.0 Å². The van der Waals surface area contributed by atoms with E-state index in [1.807, 2.05) is 0 Å². The van der Waals surface area contributed by atoms with Crippen molar-refractivity contribution in [2.75, 3.05) is 29.1 Å². The van der Waals surface area contributed by atoms with Crippen LogP contribution in [0.3, 0.4) is 0 Å². The van der Waals surface area contributed by atoms with E-state index in [1.165, 1.54) is 12.1 Å². The Balaban J connectivity index is 1.54. The summed E-state index contributed by atoms with van der Waals surface area (Å²) in [6, 6.07) is 9.25. The Morgan fingerprint density at radius 3 is 2.78 bits per heavy atom. The first-order valence-electron chi connectivity index (χ1n) is 10.1. The Kier molecular flexibility index (Phi) is 7.14. The summed E-state index contributed by atoms with van der Waals surface area (Å²) >= 11 is 12.1. The number of nitrogens with zero attached hydrogens (tertiary/aromatic N) is 2. The van der Waals surface area contributed by atoms with Gasteiger partial charge in [0.1, 0.15) is 17.4 Å². The maximum atomic E-state index is 14.1. The van der Waals surface area contributed by atoms with Gasteiger partial charge in [0.15, 0.2) is 0 Å². The van der Waals surface area contributed by atoms with E-state index in [1.54, 1.807) is 30.5 Å². The lowest BCUT2D eigenvalue weighted by molar-refractivity contribution is 0.120. The predicted molar refractivity (Wildman–Crippen MR) is 125 cm³/mol. The third-order valence-electron chi connectivity index (χ3n) is 5.01. The number of aromatic nitrogens is 2. The SMILES string of the molecule is Oc1ccc(Nc2ncc(CNc3c(F)cccc3Cl)c(NCC3CCCO3)n2)cc1Cl. The fraction of sp³-hybridized carbons (Fsp3) is 0.273. The molecule has 1 saturated heterocycles. The van der Waals surface area contributed by atoms with Gasteiger partial charge in [0, 0.05) is 37.1 Å². The molecule has 10 heteroatoms. The summed E-state index contributed by atoms with van der Waals surface area (Å²) < 4.78 is 19.8. The molecule has 0 radical (unpaired) electrons. The van der Waals surface area contributed by atoms with Crippen molar-refractivity contribution in [1.29, 1.82) is 0 Å².